The number of hydrazone groups is 1. The van der Waals surface area contributed by atoms with Crippen molar-refractivity contribution < 1.29 is 47.0 Å². The highest BCUT2D eigenvalue weighted by Gasteiger charge is 2.15. The Hall–Kier alpha value is -4.13. The second kappa shape index (κ2) is 12.2. The van der Waals surface area contributed by atoms with Gasteiger partial charge in [-0.1, -0.05) is 18.2 Å². The van der Waals surface area contributed by atoms with Gasteiger partial charge in [0, 0.05) is 22.9 Å². The molecule has 0 spiro atoms. The third-order valence-corrected chi connectivity index (χ3v) is 6.06. The van der Waals surface area contributed by atoms with E-state index in [0.717, 1.165) is 23.1 Å². The van der Waals surface area contributed by atoms with Crippen molar-refractivity contribution in [1.29, 1.82) is 0 Å². The van der Waals surface area contributed by atoms with Gasteiger partial charge in [0.15, 0.2) is 7.05 Å². The average Bonchev–Trinajstić information content (AvgIpc) is 3.48. The number of carbonyl (C=O) groups excluding carboxylic acids is 1. The number of amides is 1. The average molecular weight is 642 g/mol. The molecule has 3 aromatic carbocycles. The zero-order valence-corrected chi connectivity index (χ0v) is 23.3. The maximum atomic E-state index is 12.8. The largest absolute Gasteiger partial charge is 1.00 e. The number of alkyl halides is 2. The summed E-state index contributed by atoms with van der Waals surface area (Å²) in [5.41, 5.74) is 6.79. The zero-order valence-electron chi connectivity index (χ0n) is 21.1. The lowest BCUT2D eigenvalue weighted by Gasteiger charge is -2.05. The summed E-state index contributed by atoms with van der Waals surface area (Å²) in [5.74, 6) is -0.297. The fraction of sp³-hybridized carbons (Fsp3) is 0.143. The van der Waals surface area contributed by atoms with Gasteiger partial charge in [-0.2, -0.15) is 23.7 Å². The second-order valence-electron chi connectivity index (χ2n) is 8.51. The molecule has 0 saturated carbocycles. The van der Waals surface area contributed by atoms with Gasteiger partial charge < -0.3 is 28.7 Å². The van der Waals surface area contributed by atoms with Crippen LogP contribution in [0.5, 0.6) is 5.75 Å². The molecular weight excluding hydrogens is 617 g/mol. The fourth-order valence-electron chi connectivity index (χ4n) is 4.31. The van der Waals surface area contributed by atoms with Crippen LogP contribution in [0.25, 0.3) is 27.8 Å². The van der Waals surface area contributed by atoms with Gasteiger partial charge in [0.05, 0.1) is 23.8 Å². The number of hydrogen-bond acceptors (Lipinski definition) is 4. The van der Waals surface area contributed by atoms with Crippen LogP contribution in [0.15, 0.2) is 90.3 Å². The van der Waals surface area contributed by atoms with Crippen molar-refractivity contribution in [2.24, 2.45) is 12.1 Å². The molecular formula is C28H25F2IN6O2. The van der Waals surface area contributed by atoms with E-state index in [0.29, 0.717) is 22.4 Å². The van der Waals surface area contributed by atoms with Gasteiger partial charge in [-0.25, -0.2) is 10.1 Å². The summed E-state index contributed by atoms with van der Waals surface area (Å²) in [7, 11) is 1.96. The van der Waals surface area contributed by atoms with Gasteiger partial charge in [0.25, 0.3) is 5.91 Å². The molecule has 0 aliphatic rings. The predicted octanol–water partition coefficient (Wildman–Crippen LogP) is 1.71. The number of aryl methyl sites for hydroxylation is 2. The van der Waals surface area contributed by atoms with E-state index in [1.54, 1.807) is 29.1 Å². The molecule has 0 bridgehead atoms. The molecule has 1 N–H and O–H groups in total. The number of nitrogens with one attached hydrogen (secondary N) is 1. The van der Waals surface area contributed by atoms with E-state index < -0.39 is 6.61 Å². The summed E-state index contributed by atoms with van der Waals surface area (Å²) >= 11 is 0. The van der Waals surface area contributed by atoms with Gasteiger partial charge in [-0.3, -0.25) is 4.79 Å². The first-order chi connectivity index (χ1) is 18.4. The first-order valence-electron chi connectivity index (χ1n) is 12.0. The van der Waals surface area contributed by atoms with Gasteiger partial charge in [-0.15, -0.1) is 4.68 Å². The van der Waals surface area contributed by atoms with Gasteiger partial charge in [0.2, 0.25) is 6.20 Å². The smallest absolute Gasteiger partial charge is 0.387 e. The summed E-state index contributed by atoms with van der Waals surface area (Å²) < 4.78 is 35.3. The number of aromatic nitrogens is 4. The van der Waals surface area contributed by atoms with Crippen molar-refractivity contribution in [1.82, 2.24) is 19.9 Å². The first-order valence-corrected chi connectivity index (χ1v) is 12.0. The third kappa shape index (κ3) is 6.14. The molecule has 0 unspecified atom stereocenters. The van der Waals surface area contributed by atoms with Crippen molar-refractivity contribution in [3.63, 3.8) is 0 Å². The molecule has 200 valence electrons. The van der Waals surface area contributed by atoms with Crippen LogP contribution >= 0.6 is 0 Å². The van der Waals surface area contributed by atoms with E-state index in [4.69, 9.17) is 0 Å². The molecule has 2 aromatic heterocycles. The van der Waals surface area contributed by atoms with Crippen molar-refractivity contribution >= 4 is 23.0 Å². The van der Waals surface area contributed by atoms with Crippen LogP contribution in [0.2, 0.25) is 0 Å². The van der Waals surface area contributed by atoms with E-state index in [1.807, 2.05) is 60.4 Å². The van der Waals surface area contributed by atoms with Gasteiger partial charge in [0.1, 0.15) is 17.0 Å². The molecule has 0 radical (unpaired) electrons. The summed E-state index contributed by atoms with van der Waals surface area (Å²) in [6.45, 7) is -0.0230. The number of halogens is 3. The second-order valence-corrected chi connectivity index (χ2v) is 8.51. The van der Waals surface area contributed by atoms with E-state index in [-0.39, 0.29) is 35.6 Å². The van der Waals surface area contributed by atoms with Gasteiger partial charge >= 0.3 is 6.61 Å². The summed E-state index contributed by atoms with van der Waals surface area (Å²) in [6.07, 6.45) is 5.26. The number of fused-ring (bicyclic) bond motifs is 1. The lowest BCUT2D eigenvalue weighted by Crippen LogP contribution is -3.00. The van der Waals surface area contributed by atoms with Crippen LogP contribution in [0, 0.1) is 0 Å². The minimum atomic E-state index is -2.90. The molecule has 0 aliphatic carbocycles. The highest BCUT2D eigenvalue weighted by molar-refractivity contribution is 5.98. The Bertz CT molecular complexity index is 1610. The topological polar surface area (TPSA) is 77.3 Å². The molecule has 5 rings (SSSR count). The molecule has 0 atom stereocenters. The van der Waals surface area contributed by atoms with Crippen LogP contribution in [0.1, 0.15) is 22.8 Å². The standard InChI is InChI=1S/C28H24F2N6O2.HI/c1-3-36-25-14-11-20(15-21(25)17-34(36)2)27(37)32-31-16-22-18-35(23-7-5-4-6-8-23)33-26(22)19-9-12-24(13-10-19)38-28(29)30;/h4-18,28H,3H2,1-2H3;1H/b31-16+;. The van der Waals surface area contributed by atoms with E-state index in [1.165, 1.54) is 18.3 Å². The number of carbonyl (C=O) groups is 1. The highest BCUT2D eigenvalue weighted by atomic mass is 127. The number of hydrogen-bond donors (Lipinski definition) is 1. The Morgan fingerprint density at radius 2 is 1.87 bits per heavy atom. The quantitative estimate of drug-likeness (QED) is 0.121. The zero-order chi connectivity index (χ0) is 26.6. The highest BCUT2D eigenvalue weighted by Crippen LogP contribution is 2.26. The molecule has 0 fully saturated rings. The maximum absolute atomic E-state index is 12.8. The first kappa shape index (κ1) is 27.9. The van der Waals surface area contributed by atoms with E-state index in [9.17, 15) is 13.6 Å². The Balaban J connectivity index is 0.00000353. The van der Waals surface area contributed by atoms with Crippen LogP contribution in [0.3, 0.4) is 0 Å². The molecule has 0 aliphatic heterocycles. The maximum Gasteiger partial charge on any atom is 0.387 e. The lowest BCUT2D eigenvalue weighted by atomic mass is 10.1. The van der Waals surface area contributed by atoms with Crippen molar-refractivity contribution in [3.05, 3.63) is 96.3 Å². The monoisotopic (exact) mass is 642 g/mol. The molecule has 5 aromatic rings. The van der Waals surface area contributed by atoms with Crippen molar-refractivity contribution in [2.75, 3.05) is 0 Å². The number of ether oxygens (including phenoxy) is 1. The predicted molar refractivity (Wildman–Crippen MR) is 139 cm³/mol. The molecule has 0 saturated heterocycles. The number of rotatable bonds is 8. The number of nitrogens with zero attached hydrogens (tertiary/aromatic N) is 5. The Morgan fingerprint density at radius 3 is 2.56 bits per heavy atom. The van der Waals surface area contributed by atoms with Crippen LogP contribution in [0.4, 0.5) is 8.78 Å². The van der Waals surface area contributed by atoms with Crippen LogP contribution in [-0.4, -0.2) is 33.2 Å². The third-order valence-electron chi connectivity index (χ3n) is 6.06. The Kier molecular flexibility index (Phi) is 8.69. The minimum absolute atomic E-state index is 0. The molecule has 39 heavy (non-hydrogen) atoms. The molecule has 1 amide bonds. The van der Waals surface area contributed by atoms with Crippen molar-refractivity contribution in [2.45, 2.75) is 20.1 Å². The number of benzene rings is 3. The molecule has 8 nitrogen and oxygen atoms in total. The SMILES string of the molecule is CCn1c2ccc(C(=O)N/N=C/c3cn(-c4ccccc4)nc3-c3ccc(OC(F)F)cc3)cc2c[n+]1C.[I-]. The minimum Gasteiger partial charge on any atom is -1.00 e. The lowest BCUT2D eigenvalue weighted by molar-refractivity contribution is -0.750. The molecule has 11 heteroatoms. The summed E-state index contributed by atoms with van der Waals surface area (Å²) in [5, 5.41) is 9.80. The van der Waals surface area contributed by atoms with Crippen molar-refractivity contribution in [3.8, 4) is 22.7 Å². The van der Waals surface area contributed by atoms with Crippen LogP contribution < -0.4 is 38.8 Å². The van der Waals surface area contributed by atoms with Gasteiger partial charge in [-0.05, 0) is 61.5 Å². The summed E-state index contributed by atoms with van der Waals surface area (Å²) in [6, 6.07) is 21.2. The number of para-hydroxylation sites is 1. The Morgan fingerprint density at radius 1 is 1.13 bits per heavy atom. The molecule has 2 heterocycles. The Labute approximate surface area is 240 Å². The van der Waals surface area contributed by atoms with E-state index >= 15 is 0 Å². The normalized spacial score (nSPS) is 11.2. The summed E-state index contributed by atoms with van der Waals surface area (Å²) in [4.78, 5) is 12.8. The fourth-order valence-corrected chi connectivity index (χ4v) is 4.31. The van der Waals surface area contributed by atoms with E-state index in [2.05, 4.69) is 32.0 Å². The van der Waals surface area contributed by atoms with Crippen LogP contribution in [-0.2, 0) is 13.6 Å².